The minimum Gasteiger partial charge on any atom is -0.465 e. The Balaban J connectivity index is 6.45. The van der Waals surface area contributed by atoms with E-state index in [-0.39, 0.29) is 11.1 Å². The first-order valence-electron chi connectivity index (χ1n) is 6.38. The lowest BCUT2D eigenvalue weighted by molar-refractivity contribution is -0.136. The molecule has 0 fully saturated rings. The Morgan fingerprint density at radius 2 is 1.20 bits per heavy atom. The lowest BCUT2D eigenvalue weighted by Crippen LogP contribution is -2.07. The molecule has 9 heteroatoms. The molecule has 0 aliphatic heterocycles. The Kier molecular flexibility index (Phi) is 9.04. The summed E-state index contributed by atoms with van der Waals surface area (Å²) in [4.78, 5) is 34.5. The summed E-state index contributed by atoms with van der Waals surface area (Å²) in [6.45, 7) is 0. The van der Waals surface area contributed by atoms with E-state index in [1.54, 1.807) is 12.1 Å². The van der Waals surface area contributed by atoms with Crippen molar-refractivity contribution >= 4 is 23.8 Å². The second-order valence-electron chi connectivity index (χ2n) is 4.00. The van der Waals surface area contributed by atoms with Crippen molar-refractivity contribution in [1.82, 2.24) is 0 Å². The van der Waals surface area contributed by atoms with Gasteiger partial charge in [-0.1, -0.05) is 0 Å². The largest absolute Gasteiger partial charge is 0.465 e. The van der Waals surface area contributed by atoms with Gasteiger partial charge >= 0.3 is 17.9 Å². The first-order valence-corrected chi connectivity index (χ1v) is 6.38. The lowest BCUT2D eigenvalue weighted by atomic mass is 10.1. The summed E-state index contributed by atoms with van der Waals surface area (Å²) >= 11 is 0. The summed E-state index contributed by atoms with van der Waals surface area (Å²) in [5.41, 5.74) is -1.43. The Hall–Kier alpha value is -3.94. The Morgan fingerprint density at radius 3 is 1.48 bits per heavy atom. The number of hydrogen-bond acceptors (Lipinski definition) is 9. The Morgan fingerprint density at radius 1 is 0.800 bits per heavy atom. The highest BCUT2D eigenvalue weighted by atomic mass is 16.5. The number of rotatable bonds is 6. The van der Waals surface area contributed by atoms with Crippen LogP contribution in [0.15, 0.2) is 40.5 Å². The average Bonchev–Trinajstić information content (AvgIpc) is 2.65. The first-order chi connectivity index (χ1) is 11.9. The Labute approximate surface area is 143 Å². The number of nitrogens with one attached hydrogen (secondary N) is 1. The molecule has 0 aliphatic rings. The number of ether oxygens (including phenoxy) is 3. The minimum atomic E-state index is -0.975. The number of nitriles is 2. The van der Waals surface area contributed by atoms with Gasteiger partial charge in [0.15, 0.2) is 0 Å². The van der Waals surface area contributed by atoms with Crippen LogP contribution < -0.4 is 0 Å². The van der Waals surface area contributed by atoms with Gasteiger partial charge in [-0.2, -0.15) is 10.5 Å². The highest BCUT2D eigenvalue weighted by molar-refractivity contribution is 6.01. The zero-order valence-corrected chi connectivity index (χ0v) is 13.6. The SMILES string of the molecule is COC(=O)C(=C=N)C=C(C=C(C#N)C(=O)OC)C=C(C#N)C(=O)OC. The molecule has 0 radical (unpaired) electrons. The van der Waals surface area contributed by atoms with Crippen molar-refractivity contribution in [2.24, 2.45) is 0 Å². The average molecular weight is 343 g/mol. The lowest BCUT2D eigenvalue weighted by Gasteiger charge is -2.02. The predicted molar refractivity (Wildman–Crippen MR) is 82.8 cm³/mol. The number of allylic oxidation sites excluding steroid dienone is 3. The third-order valence-corrected chi connectivity index (χ3v) is 2.52. The highest BCUT2D eigenvalue weighted by Gasteiger charge is 2.14. The van der Waals surface area contributed by atoms with Crippen LogP contribution in [0.5, 0.6) is 0 Å². The van der Waals surface area contributed by atoms with Gasteiger partial charge in [-0.3, -0.25) is 5.41 Å². The van der Waals surface area contributed by atoms with E-state index in [4.69, 9.17) is 15.9 Å². The zero-order chi connectivity index (χ0) is 19.4. The molecule has 0 heterocycles. The van der Waals surface area contributed by atoms with Gasteiger partial charge in [-0.25, -0.2) is 14.4 Å². The van der Waals surface area contributed by atoms with Crippen LogP contribution in [0, 0.1) is 28.1 Å². The van der Waals surface area contributed by atoms with Gasteiger partial charge in [0.2, 0.25) is 0 Å². The molecule has 0 aromatic heterocycles. The van der Waals surface area contributed by atoms with E-state index in [0.717, 1.165) is 39.6 Å². The summed E-state index contributed by atoms with van der Waals surface area (Å²) in [6, 6.07) is 3.15. The molecule has 0 aliphatic carbocycles. The van der Waals surface area contributed by atoms with Crippen molar-refractivity contribution in [3.63, 3.8) is 0 Å². The molecule has 1 N–H and O–H groups in total. The summed E-state index contributed by atoms with van der Waals surface area (Å²) in [7, 11) is 3.18. The molecule has 0 aromatic rings. The van der Waals surface area contributed by atoms with Crippen molar-refractivity contribution in [3.05, 3.63) is 40.5 Å². The van der Waals surface area contributed by atoms with E-state index in [1.807, 2.05) is 5.87 Å². The molecule has 0 saturated heterocycles. The van der Waals surface area contributed by atoms with E-state index in [0.29, 0.717) is 0 Å². The van der Waals surface area contributed by atoms with Gasteiger partial charge in [0.1, 0.15) is 28.9 Å². The van der Waals surface area contributed by atoms with Gasteiger partial charge in [-0.15, -0.1) is 0 Å². The van der Waals surface area contributed by atoms with Crippen LogP contribution in [0.4, 0.5) is 0 Å². The molecule has 0 rings (SSSR count). The maximum Gasteiger partial charge on any atom is 0.348 e. The summed E-state index contributed by atoms with van der Waals surface area (Å²) in [5, 5.41) is 25.1. The van der Waals surface area contributed by atoms with Crippen molar-refractivity contribution in [3.8, 4) is 12.1 Å². The number of carbonyl (C=O) groups excluding carboxylic acids is 3. The van der Waals surface area contributed by atoms with Gasteiger partial charge in [0.05, 0.1) is 21.3 Å². The van der Waals surface area contributed by atoms with E-state index < -0.39 is 29.1 Å². The van der Waals surface area contributed by atoms with Gasteiger partial charge in [0, 0.05) is 0 Å². The van der Waals surface area contributed by atoms with Crippen molar-refractivity contribution in [2.45, 2.75) is 0 Å². The van der Waals surface area contributed by atoms with Gasteiger partial charge in [-0.05, 0) is 29.7 Å². The van der Waals surface area contributed by atoms with Crippen LogP contribution in [0.1, 0.15) is 0 Å². The van der Waals surface area contributed by atoms with Gasteiger partial charge < -0.3 is 14.2 Å². The number of nitrogens with zero attached hydrogens (tertiary/aromatic N) is 2. The monoisotopic (exact) mass is 343 g/mol. The van der Waals surface area contributed by atoms with Crippen LogP contribution >= 0.6 is 0 Å². The predicted octanol–water partition coefficient (Wildman–Crippen LogP) is 0.507. The molecular weight excluding hydrogens is 330 g/mol. The van der Waals surface area contributed by atoms with Crippen molar-refractivity contribution in [2.75, 3.05) is 21.3 Å². The topological polar surface area (TPSA) is 150 Å². The zero-order valence-electron chi connectivity index (χ0n) is 13.6. The molecule has 0 saturated carbocycles. The number of hydrogen-bond donors (Lipinski definition) is 1. The maximum atomic E-state index is 11.5. The highest BCUT2D eigenvalue weighted by Crippen LogP contribution is 2.13. The molecule has 9 nitrogen and oxygen atoms in total. The molecule has 128 valence electrons. The second-order valence-corrected chi connectivity index (χ2v) is 4.00. The molecule has 0 atom stereocenters. The standard InChI is InChI=1S/C16H13N3O6/c1-23-14(20)11(7-17)4-10(5-12(8-18)15(21)24-2)6-13(9-19)16(22)25-3/h4-6,17H,1-3H3. The summed E-state index contributed by atoms with van der Waals surface area (Å²) < 4.78 is 13.3. The number of carbonyl (C=O) groups is 3. The van der Waals surface area contributed by atoms with Crippen molar-refractivity contribution < 1.29 is 28.6 Å². The molecule has 0 bridgehead atoms. The third-order valence-electron chi connectivity index (χ3n) is 2.52. The molecule has 0 aromatic carbocycles. The maximum absolute atomic E-state index is 11.5. The summed E-state index contributed by atoms with van der Waals surface area (Å²) in [6.07, 6.45) is 2.93. The van der Waals surface area contributed by atoms with Crippen LogP contribution in [-0.2, 0) is 28.6 Å². The number of esters is 3. The van der Waals surface area contributed by atoms with Crippen LogP contribution in [-0.4, -0.2) is 45.1 Å². The van der Waals surface area contributed by atoms with E-state index in [1.165, 1.54) is 0 Å². The molecule has 0 unspecified atom stereocenters. The summed E-state index contributed by atoms with van der Waals surface area (Å²) in [5.74, 6) is -1.07. The van der Waals surface area contributed by atoms with Crippen LogP contribution in [0.3, 0.4) is 0 Å². The van der Waals surface area contributed by atoms with E-state index in [9.17, 15) is 14.4 Å². The molecule has 0 spiro atoms. The smallest absolute Gasteiger partial charge is 0.348 e. The third kappa shape index (κ3) is 6.37. The number of methoxy groups -OCH3 is 3. The minimum absolute atomic E-state index is 0.107. The van der Waals surface area contributed by atoms with Crippen LogP contribution in [0.25, 0.3) is 0 Å². The fourth-order valence-corrected chi connectivity index (χ4v) is 1.37. The van der Waals surface area contributed by atoms with E-state index in [2.05, 4.69) is 14.2 Å². The fourth-order valence-electron chi connectivity index (χ4n) is 1.37. The quantitative estimate of drug-likeness (QED) is 0.183. The molecule has 25 heavy (non-hydrogen) atoms. The molecule has 0 amide bonds. The van der Waals surface area contributed by atoms with Crippen LogP contribution in [0.2, 0.25) is 0 Å². The van der Waals surface area contributed by atoms with Gasteiger partial charge in [0.25, 0.3) is 0 Å². The van der Waals surface area contributed by atoms with E-state index >= 15 is 0 Å². The second kappa shape index (κ2) is 10.7. The van der Waals surface area contributed by atoms with Crippen molar-refractivity contribution in [1.29, 1.82) is 15.9 Å². The normalized spacial score (nSPS) is 10.3. The first kappa shape index (κ1) is 21.1. The molecular formula is C16H13N3O6. The fraction of sp³-hybridized carbons (Fsp3) is 0.188. The Bertz CT molecular complexity index is 753.